The van der Waals surface area contributed by atoms with E-state index in [9.17, 15) is 19.8 Å². The number of aliphatic hydroxyl groups is 2. The summed E-state index contributed by atoms with van der Waals surface area (Å²) in [5.41, 5.74) is 1.11. The van der Waals surface area contributed by atoms with Gasteiger partial charge < -0.3 is 19.8 Å². The van der Waals surface area contributed by atoms with Gasteiger partial charge in [-0.05, 0) is 24.6 Å². The molecule has 6 nitrogen and oxygen atoms in total. The number of hydrogen-bond acceptors (Lipinski definition) is 5. The van der Waals surface area contributed by atoms with Gasteiger partial charge in [0.2, 0.25) is 0 Å². The third kappa shape index (κ3) is 3.57. The number of methoxy groups -OCH3 is 1. The molecule has 2 N–H and O–H groups in total. The quantitative estimate of drug-likeness (QED) is 0.482. The Morgan fingerprint density at radius 3 is 2.30 bits per heavy atom. The number of nitrogens with zero attached hydrogens (tertiary/aromatic N) is 1. The lowest BCUT2D eigenvalue weighted by molar-refractivity contribution is -0.140. The molecule has 1 aliphatic heterocycles. The summed E-state index contributed by atoms with van der Waals surface area (Å²) in [6.45, 7) is 1.52. The number of ether oxygens (including phenoxy) is 1. The highest BCUT2D eigenvalue weighted by Crippen LogP contribution is 2.39. The molecule has 2 aromatic rings. The zero-order chi connectivity index (χ0) is 19.6. The normalized spacial score (nSPS) is 20.0. The first kappa shape index (κ1) is 18.7. The van der Waals surface area contributed by atoms with Gasteiger partial charge in [-0.1, -0.05) is 42.5 Å². The van der Waals surface area contributed by atoms with Gasteiger partial charge >= 0.3 is 0 Å². The Balaban J connectivity index is 2.16. The van der Waals surface area contributed by atoms with Crippen LogP contribution in [0.3, 0.4) is 0 Å². The van der Waals surface area contributed by atoms with Crippen LogP contribution in [0.2, 0.25) is 0 Å². The molecule has 0 spiro atoms. The van der Waals surface area contributed by atoms with Crippen LogP contribution in [0.4, 0.5) is 0 Å². The number of β-amino-alcohol motifs (C(OH)–C–C–N with tert-alkyl or cyclic N) is 1. The summed E-state index contributed by atoms with van der Waals surface area (Å²) in [5.74, 6) is -1.11. The second-order valence-electron chi connectivity index (χ2n) is 6.44. The maximum Gasteiger partial charge on any atom is 0.295 e. The van der Waals surface area contributed by atoms with Gasteiger partial charge in [0, 0.05) is 12.1 Å². The van der Waals surface area contributed by atoms with Crippen molar-refractivity contribution in [3.63, 3.8) is 0 Å². The van der Waals surface area contributed by atoms with E-state index in [1.165, 1.54) is 4.90 Å². The molecular weight excluding hydrogens is 346 g/mol. The highest BCUT2D eigenvalue weighted by atomic mass is 16.5. The van der Waals surface area contributed by atoms with Crippen LogP contribution in [0.1, 0.15) is 24.1 Å². The number of ketones is 1. The van der Waals surface area contributed by atoms with Crippen LogP contribution >= 0.6 is 0 Å². The first-order chi connectivity index (χ1) is 12.9. The SMILES string of the molecule is COc1ccc(C2C(=C(O)c3ccccc3)C(=O)C(=O)N2CC(C)O)cc1. The number of Topliss-reactive ketones (excluding diaryl/α,β-unsaturated/α-hetero) is 1. The van der Waals surface area contributed by atoms with Crippen molar-refractivity contribution in [3.8, 4) is 5.75 Å². The fourth-order valence-electron chi connectivity index (χ4n) is 3.24. The molecule has 1 fully saturated rings. The Bertz CT molecular complexity index is 871. The van der Waals surface area contributed by atoms with Crippen LogP contribution in [-0.2, 0) is 9.59 Å². The molecule has 1 aliphatic rings. The Labute approximate surface area is 157 Å². The number of hydrogen-bond donors (Lipinski definition) is 2. The van der Waals surface area contributed by atoms with Gasteiger partial charge in [-0.25, -0.2) is 0 Å². The second-order valence-corrected chi connectivity index (χ2v) is 6.44. The summed E-state index contributed by atoms with van der Waals surface area (Å²) in [6, 6.07) is 14.7. The summed E-state index contributed by atoms with van der Waals surface area (Å²) in [6.07, 6.45) is -0.819. The minimum absolute atomic E-state index is 0.0111. The molecule has 27 heavy (non-hydrogen) atoms. The van der Waals surface area contributed by atoms with Crippen LogP contribution in [0.5, 0.6) is 5.75 Å². The number of rotatable bonds is 5. The fourth-order valence-corrected chi connectivity index (χ4v) is 3.24. The number of aliphatic hydroxyl groups excluding tert-OH is 2. The van der Waals surface area contributed by atoms with Crippen molar-refractivity contribution in [2.75, 3.05) is 13.7 Å². The summed E-state index contributed by atoms with van der Waals surface area (Å²) in [5, 5.41) is 20.6. The summed E-state index contributed by atoms with van der Waals surface area (Å²) in [4.78, 5) is 26.6. The predicted octanol–water partition coefficient (Wildman–Crippen LogP) is 2.50. The van der Waals surface area contributed by atoms with Crippen molar-refractivity contribution < 1.29 is 24.5 Å². The molecular formula is C21H21NO5. The smallest absolute Gasteiger partial charge is 0.295 e. The van der Waals surface area contributed by atoms with Crippen LogP contribution in [0.25, 0.3) is 5.76 Å². The molecule has 0 aromatic heterocycles. The number of carbonyl (C=O) groups is 2. The van der Waals surface area contributed by atoms with Crippen LogP contribution in [0.15, 0.2) is 60.2 Å². The van der Waals surface area contributed by atoms with E-state index in [4.69, 9.17) is 4.74 Å². The Morgan fingerprint density at radius 2 is 1.74 bits per heavy atom. The average molecular weight is 367 g/mol. The molecule has 2 atom stereocenters. The van der Waals surface area contributed by atoms with E-state index in [1.54, 1.807) is 68.6 Å². The molecule has 0 aliphatic carbocycles. The van der Waals surface area contributed by atoms with Crippen LogP contribution in [-0.4, -0.2) is 46.6 Å². The zero-order valence-electron chi connectivity index (χ0n) is 15.1. The molecule has 140 valence electrons. The molecule has 0 radical (unpaired) electrons. The van der Waals surface area contributed by atoms with Gasteiger partial charge in [0.25, 0.3) is 11.7 Å². The molecule has 1 heterocycles. The monoisotopic (exact) mass is 367 g/mol. The van der Waals surface area contributed by atoms with Gasteiger partial charge in [0.05, 0.1) is 24.8 Å². The van der Waals surface area contributed by atoms with E-state index in [-0.39, 0.29) is 17.9 Å². The average Bonchev–Trinajstić information content (AvgIpc) is 2.92. The standard InChI is InChI=1S/C21H21NO5/c1-13(23)12-22-18(14-8-10-16(27-2)11-9-14)17(20(25)21(22)26)19(24)15-6-4-3-5-7-15/h3-11,13,18,23-24H,12H2,1-2H3. The largest absolute Gasteiger partial charge is 0.507 e. The third-order valence-electron chi connectivity index (χ3n) is 4.48. The number of benzene rings is 2. The van der Waals surface area contributed by atoms with E-state index >= 15 is 0 Å². The Hall–Kier alpha value is -3.12. The van der Waals surface area contributed by atoms with Gasteiger partial charge in [0.1, 0.15) is 11.5 Å². The third-order valence-corrected chi connectivity index (χ3v) is 4.48. The Morgan fingerprint density at radius 1 is 1.11 bits per heavy atom. The van der Waals surface area contributed by atoms with E-state index in [1.807, 2.05) is 0 Å². The highest BCUT2D eigenvalue weighted by molar-refractivity contribution is 6.46. The number of carbonyl (C=O) groups excluding carboxylic acids is 2. The fraction of sp³-hybridized carbons (Fsp3) is 0.238. The minimum Gasteiger partial charge on any atom is -0.507 e. The predicted molar refractivity (Wildman–Crippen MR) is 100 cm³/mol. The first-order valence-corrected chi connectivity index (χ1v) is 8.60. The summed E-state index contributed by atoms with van der Waals surface area (Å²) < 4.78 is 5.16. The van der Waals surface area contributed by atoms with Gasteiger partial charge in [-0.3, -0.25) is 9.59 Å². The van der Waals surface area contributed by atoms with Crippen molar-refractivity contribution in [1.29, 1.82) is 0 Å². The van der Waals surface area contributed by atoms with Crippen molar-refractivity contribution in [3.05, 3.63) is 71.3 Å². The van der Waals surface area contributed by atoms with E-state index in [2.05, 4.69) is 0 Å². The first-order valence-electron chi connectivity index (χ1n) is 8.60. The molecule has 1 saturated heterocycles. The number of amides is 1. The van der Waals surface area contributed by atoms with Crippen LogP contribution in [0, 0.1) is 0 Å². The minimum atomic E-state index is -0.819. The summed E-state index contributed by atoms with van der Waals surface area (Å²) in [7, 11) is 1.55. The van der Waals surface area contributed by atoms with Gasteiger partial charge in [-0.2, -0.15) is 0 Å². The molecule has 0 bridgehead atoms. The lowest BCUT2D eigenvalue weighted by Gasteiger charge is -2.26. The summed E-state index contributed by atoms with van der Waals surface area (Å²) >= 11 is 0. The zero-order valence-corrected chi connectivity index (χ0v) is 15.1. The maximum atomic E-state index is 12.7. The lowest BCUT2D eigenvalue weighted by Crippen LogP contribution is -2.35. The van der Waals surface area contributed by atoms with Crippen molar-refractivity contribution in [2.45, 2.75) is 19.1 Å². The maximum absolute atomic E-state index is 12.7. The van der Waals surface area contributed by atoms with Crippen LogP contribution < -0.4 is 4.74 Å². The van der Waals surface area contributed by atoms with E-state index in [0.717, 1.165) is 0 Å². The molecule has 6 heteroatoms. The van der Waals surface area contributed by atoms with Gasteiger partial charge in [0.15, 0.2) is 0 Å². The molecule has 1 amide bonds. The molecule has 2 unspecified atom stereocenters. The van der Waals surface area contributed by atoms with Gasteiger partial charge in [-0.15, -0.1) is 0 Å². The topological polar surface area (TPSA) is 87.1 Å². The van der Waals surface area contributed by atoms with E-state index in [0.29, 0.717) is 16.9 Å². The Kier molecular flexibility index (Phi) is 5.28. The van der Waals surface area contributed by atoms with Crippen molar-refractivity contribution in [2.24, 2.45) is 0 Å². The lowest BCUT2D eigenvalue weighted by atomic mass is 9.95. The number of likely N-dealkylation sites (tertiary alicyclic amines) is 1. The molecule has 2 aromatic carbocycles. The van der Waals surface area contributed by atoms with Crippen molar-refractivity contribution in [1.82, 2.24) is 4.90 Å². The molecule has 0 saturated carbocycles. The van der Waals surface area contributed by atoms with E-state index < -0.39 is 23.8 Å². The second kappa shape index (κ2) is 7.63. The van der Waals surface area contributed by atoms with Crippen molar-refractivity contribution >= 4 is 17.4 Å². The molecule has 3 rings (SSSR count). The highest BCUT2D eigenvalue weighted by Gasteiger charge is 2.46.